The molecule has 1 aromatic heterocycles. The van der Waals surface area contributed by atoms with Crippen LogP contribution in [0.2, 0.25) is 10.0 Å². The van der Waals surface area contributed by atoms with E-state index in [4.69, 9.17) is 53.5 Å². The Morgan fingerprint density at radius 2 is 1.52 bits per heavy atom. The van der Waals surface area contributed by atoms with Crippen LogP contribution in [0, 0.1) is 13.5 Å². The Bertz CT molecular complexity index is 1970. The molecule has 5 rings (SSSR count). The number of pyridine rings is 1. The molecule has 0 saturated heterocycles. The molecule has 0 N–H and O–H groups in total. The summed E-state index contributed by atoms with van der Waals surface area (Å²) in [6.45, 7) is 14.8. The van der Waals surface area contributed by atoms with E-state index in [1.165, 1.54) is 12.3 Å². The first kappa shape index (κ1) is 36.4. The Labute approximate surface area is 302 Å². The van der Waals surface area contributed by atoms with Gasteiger partial charge in [0.1, 0.15) is 37.1 Å². The summed E-state index contributed by atoms with van der Waals surface area (Å²) in [5.74, 6) is 1.38. The molecule has 0 aliphatic heterocycles. The van der Waals surface area contributed by atoms with Gasteiger partial charge in [0, 0.05) is 42.8 Å². The molecule has 0 unspecified atom stereocenters. The summed E-state index contributed by atoms with van der Waals surface area (Å²) in [4.78, 5) is 19.2. The summed E-state index contributed by atoms with van der Waals surface area (Å²) in [7, 11) is 0. The molecule has 256 valence electrons. The largest absolute Gasteiger partial charge is 0.488 e. The standard InChI is InChI=1S/C40H36Cl2N2O6/c1-5-46-39(47-6-2)25-48-32-15-13-28(14-16-32)34-11-8-12-35(40(34)42)33-10-7-9-29(26(33)3)24-50-38-19-37(30(22-45)18-36(38)41)49-23-27-17-31(43-4)21-44-20-27/h7-22,39H,5-6,23-25H2,1-3H3. The van der Waals surface area contributed by atoms with E-state index < -0.39 is 6.29 Å². The van der Waals surface area contributed by atoms with Crippen molar-refractivity contribution < 1.29 is 28.5 Å². The topological polar surface area (TPSA) is 80.5 Å². The van der Waals surface area contributed by atoms with Gasteiger partial charge in [-0.05, 0) is 72.9 Å². The molecule has 0 saturated carbocycles. The van der Waals surface area contributed by atoms with Gasteiger partial charge in [0.2, 0.25) is 5.69 Å². The molecule has 0 fully saturated rings. The second-order valence-corrected chi connectivity index (χ2v) is 11.9. The molecule has 0 spiro atoms. The number of benzene rings is 4. The number of aldehydes is 1. The lowest BCUT2D eigenvalue weighted by atomic mass is 9.94. The fourth-order valence-corrected chi connectivity index (χ4v) is 5.88. The molecule has 50 heavy (non-hydrogen) atoms. The molecule has 0 aliphatic carbocycles. The SMILES string of the molecule is [C-]#[N+]c1cncc(COc2cc(OCc3cccc(-c4cccc(-c5ccc(OCC(OCC)OCC)cc5)c4Cl)c3C)c(Cl)cc2C=O)c1. The monoisotopic (exact) mass is 710 g/mol. The number of hydrogen-bond acceptors (Lipinski definition) is 7. The smallest absolute Gasteiger partial charge is 0.205 e. The molecule has 0 radical (unpaired) electrons. The molecule has 0 atom stereocenters. The van der Waals surface area contributed by atoms with E-state index in [1.54, 1.807) is 18.3 Å². The van der Waals surface area contributed by atoms with Crippen LogP contribution in [0.15, 0.2) is 91.3 Å². The van der Waals surface area contributed by atoms with Gasteiger partial charge >= 0.3 is 0 Å². The van der Waals surface area contributed by atoms with Crippen LogP contribution in [0.25, 0.3) is 27.1 Å². The number of halogens is 2. The van der Waals surface area contributed by atoms with Crippen LogP contribution < -0.4 is 14.2 Å². The average molecular weight is 712 g/mol. The van der Waals surface area contributed by atoms with Gasteiger partial charge in [-0.1, -0.05) is 71.7 Å². The zero-order valence-electron chi connectivity index (χ0n) is 28.0. The van der Waals surface area contributed by atoms with Crippen molar-refractivity contribution in [3.05, 3.63) is 135 Å². The average Bonchev–Trinajstić information content (AvgIpc) is 3.14. The van der Waals surface area contributed by atoms with Crippen LogP contribution in [-0.2, 0) is 22.7 Å². The lowest BCUT2D eigenvalue weighted by molar-refractivity contribution is -0.152. The second kappa shape index (κ2) is 17.7. The van der Waals surface area contributed by atoms with Gasteiger partial charge in [-0.3, -0.25) is 9.78 Å². The van der Waals surface area contributed by atoms with Gasteiger partial charge in [0.05, 0.1) is 22.2 Å². The van der Waals surface area contributed by atoms with Gasteiger partial charge in [0.15, 0.2) is 12.6 Å². The quantitative estimate of drug-likeness (QED) is 0.0573. The lowest BCUT2D eigenvalue weighted by Gasteiger charge is -2.18. The minimum Gasteiger partial charge on any atom is -0.488 e. The van der Waals surface area contributed by atoms with Crippen LogP contribution >= 0.6 is 23.2 Å². The summed E-state index contributed by atoms with van der Waals surface area (Å²) in [6, 6.07) is 24.5. The zero-order chi connectivity index (χ0) is 35.5. The minimum atomic E-state index is -0.421. The van der Waals surface area contributed by atoms with Crippen molar-refractivity contribution in [1.82, 2.24) is 4.98 Å². The van der Waals surface area contributed by atoms with E-state index in [-0.39, 0.29) is 23.8 Å². The molecule has 1 heterocycles. The van der Waals surface area contributed by atoms with Crippen molar-refractivity contribution in [2.45, 2.75) is 40.3 Å². The number of hydrogen-bond donors (Lipinski definition) is 0. The van der Waals surface area contributed by atoms with Crippen LogP contribution in [0.1, 0.15) is 40.9 Å². The highest BCUT2D eigenvalue weighted by Gasteiger charge is 2.16. The van der Waals surface area contributed by atoms with Crippen molar-refractivity contribution >= 4 is 35.2 Å². The summed E-state index contributed by atoms with van der Waals surface area (Å²) in [5.41, 5.74) is 7.01. The molecule has 10 heteroatoms. The Hall–Kier alpha value is -4.91. The summed E-state index contributed by atoms with van der Waals surface area (Å²) < 4.78 is 29.1. The highest BCUT2D eigenvalue weighted by Crippen LogP contribution is 2.39. The molecular weight excluding hydrogens is 675 g/mol. The van der Waals surface area contributed by atoms with E-state index in [9.17, 15) is 4.79 Å². The number of rotatable bonds is 16. The first-order chi connectivity index (χ1) is 24.3. The number of ether oxygens (including phenoxy) is 5. The van der Waals surface area contributed by atoms with Gasteiger partial charge < -0.3 is 23.7 Å². The number of nitrogens with zero attached hydrogens (tertiary/aromatic N) is 2. The fourth-order valence-electron chi connectivity index (χ4n) is 5.31. The van der Waals surface area contributed by atoms with Crippen LogP contribution in [0.5, 0.6) is 17.2 Å². The van der Waals surface area contributed by atoms with Crippen LogP contribution in [0.3, 0.4) is 0 Å². The molecule has 8 nitrogen and oxygen atoms in total. The highest BCUT2D eigenvalue weighted by molar-refractivity contribution is 6.36. The van der Waals surface area contributed by atoms with E-state index in [2.05, 4.69) is 9.83 Å². The van der Waals surface area contributed by atoms with E-state index in [0.29, 0.717) is 59.6 Å². The lowest BCUT2D eigenvalue weighted by Crippen LogP contribution is -2.25. The molecule has 5 aromatic rings. The molecular formula is C40H36Cl2N2O6. The normalized spacial score (nSPS) is 10.9. The summed E-state index contributed by atoms with van der Waals surface area (Å²) in [6.07, 6.45) is 3.34. The Kier molecular flexibility index (Phi) is 12.8. The first-order valence-electron chi connectivity index (χ1n) is 16.0. The van der Waals surface area contributed by atoms with E-state index >= 15 is 0 Å². The van der Waals surface area contributed by atoms with Crippen molar-refractivity contribution in [1.29, 1.82) is 0 Å². The van der Waals surface area contributed by atoms with Crippen LogP contribution in [-0.4, -0.2) is 37.4 Å². The van der Waals surface area contributed by atoms with Gasteiger partial charge in [-0.2, -0.15) is 0 Å². The molecule has 0 bridgehead atoms. The van der Waals surface area contributed by atoms with Crippen molar-refractivity contribution in [2.24, 2.45) is 0 Å². The van der Waals surface area contributed by atoms with Crippen molar-refractivity contribution in [3.63, 3.8) is 0 Å². The maximum atomic E-state index is 11.8. The van der Waals surface area contributed by atoms with Gasteiger partial charge in [-0.25, -0.2) is 4.85 Å². The van der Waals surface area contributed by atoms with Gasteiger partial charge in [-0.15, -0.1) is 0 Å². The fraction of sp³-hybridized carbons (Fsp3) is 0.225. The summed E-state index contributed by atoms with van der Waals surface area (Å²) >= 11 is 13.6. The van der Waals surface area contributed by atoms with Crippen LogP contribution in [0.4, 0.5) is 5.69 Å². The predicted octanol–water partition coefficient (Wildman–Crippen LogP) is 10.3. The number of carbonyl (C=O) groups excluding carboxylic acids is 1. The third-order valence-corrected chi connectivity index (χ3v) is 8.57. The molecule has 0 aliphatic rings. The van der Waals surface area contributed by atoms with Gasteiger partial charge in [0.25, 0.3) is 0 Å². The maximum Gasteiger partial charge on any atom is 0.205 e. The maximum absolute atomic E-state index is 11.8. The summed E-state index contributed by atoms with van der Waals surface area (Å²) in [5, 5.41) is 0.905. The Morgan fingerprint density at radius 3 is 2.24 bits per heavy atom. The van der Waals surface area contributed by atoms with E-state index in [1.807, 2.05) is 81.4 Å². The number of carbonyl (C=O) groups is 1. The van der Waals surface area contributed by atoms with Crippen molar-refractivity contribution in [3.8, 4) is 39.5 Å². The molecule has 4 aromatic carbocycles. The second-order valence-electron chi connectivity index (χ2n) is 11.1. The number of aromatic nitrogens is 1. The van der Waals surface area contributed by atoms with E-state index in [0.717, 1.165) is 33.4 Å². The molecule has 0 amide bonds. The Balaban J connectivity index is 1.31. The predicted molar refractivity (Wildman–Crippen MR) is 196 cm³/mol. The van der Waals surface area contributed by atoms with Crippen molar-refractivity contribution in [2.75, 3.05) is 19.8 Å². The highest BCUT2D eigenvalue weighted by atomic mass is 35.5. The third kappa shape index (κ3) is 9.00. The minimum absolute atomic E-state index is 0.112. The third-order valence-electron chi connectivity index (χ3n) is 7.87. The Morgan fingerprint density at radius 1 is 0.820 bits per heavy atom. The zero-order valence-corrected chi connectivity index (χ0v) is 29.5. The first-order valence-corrected chi connectivity index (χ1v) is 16.8.